The average Bonchev–Trinajstić information content (AvgIpc) is 3.11. The van der Waals surface area contributed by atoms with Gasteiger partial charge in [0.25, 0.3) is 5.91 Å². The average molecular weight is 323 g/mol. The van der Waals surface area contributed by atoms with Crippen molar-refractivity contribution < 1.29 is 9.21 Å². The van der Waals surface area contributed by atoms with Crippen LogP contribution >= 0.6 is 0 Å². The van der Waals surface area contributed by atoms with Crippen LogP contribution < -0.4 is 5.32 Å². The van der Waals surface area contributed by atoms with Gasteiger partial charge in [0.15, 0.2) is 12.1 Å². The minimum absolute atomic E-state index is 0.223. The van der Waals surface area contributed by atoms with Gasteiger partial charge in [-0.2, -0.15) is 5.10 Å². The second-order valence-corrected chi connectivity index (χ2v) is 5.91. The maximum Gasteiger partial charge on any atom is 0.274 e. The molecular weight excluding hydrogens is 306 g/mol. The van der Waals surface area contributed by atoms with Crippen molar-refractivity contribution in [2.75, 3.05) is 0 Å². The summed E-state index contributed by atoms with van der Waals surface area (Å²) in [5.74, 6) is 1.52. The Morgan fingerprint density at radius 1 is 1.29 bits per heavy atom. The fraction of sp³-hybridized carbons (Fsp3) is 0.294. The summed E-state index contributed by atoms with van der Waals surface area (Å²) in [7, 11) is 0. The maximum atomic E-state index is 12.7. The van der Waals surface area contributed by atoms with Crippen molar-refractivity contribution in [1.29, 1.82) is 0 Å². The molecule has 1 atom stereocenters. The summed E-state index contributed by atoms with van der Waals surface area (Å²) in [6, 6.07) is 9.56. The standard InChI is InChI=1S/C17H17N5O2/c23-17(15-16(12-6-7-12)24-10-19-15)21-13(8-14-18-9-20-22-14)11-4-2-1-3-5-11/h1-5,9-10,12-13H,6-8H2,(H,21,23)(H,18,20,22). The Bertz CT molecular complexity index is 809. The summed E-state index contributed by atoms with van der Waals surface area (Å²) in [4.78, 5) is 21.0. The number of hydrogen-bond donors (Lipinski definition) is 2. The molecule has 2 N–H and O–H groups in total. The number of aromatic nitrogens is 4. The summed E-state index contributed by atoms with van der Waals surface area (Å²) in [5.41, 5.74) is 1.38. The number of H-pyrrole nitrogens is 1. The lowest BCUT2D eigenvalue weighted by molar-refractivity contribution is 0.0929. The number of rotatable bonds is 6. The van der Waals surface area contributed by atoms with Crippen molar-refractivity contribution in [3.05, 3.63) is 65.9 Å². The van der Waals surface area contributed by atoms with Crippen molar-refractivity contribution >= 4 is 5.91 Å². The Labute approximate surface area is 138 Å². The molecule has 1 fully saturated rings. The summed E-state index contributed by atoms with van der Waals surface area (Å²) in [5, 5.41) is 9.75. The minimum Gasteiger partial charge on any atom is -0.447 e. The monoisotopic (exact) mass is 323 g/mol. The van der Waals surface area contributed by atoms with E-state index in [4.69, 9.17) is 4.42 Å². The Kier molecular flexibility index (Phi) is 3.82. The maximum absolute atomic E-state index is 12.7. The first kappa shape index (κ1) is 14.6. The van der Waals surface area contributed by atoms with E-state index in [0.29, 0.717) is 29.6 Å². The zero-order valence-electron chi connectivity index (χ0n) is 13.0. The van der Waals surface area contributed by atoms with Gasteiger partial charge < -0.3 is 9.73 Å². The fourth-order valence-corrected chi connectivity index (χ4v) is 2.75. The number of amides is 1. The van der Waals surface area contributed by atoms with Crippen molar-refractivity contribution in [2.45, 2.75) is 31.2 Å². The van der Waals surface area contributed by atoms with Crippen LogP contribution in [0.3, 0.4) is 0 Å². The second kappa shape index (κ2) is 6.27. The number of carbonyl (C=O) groups is 1. The van der Waals surface area contributed by atoms with Gasteiger partial charge in [-0.1, -0.05) is 30.3 Å². The first-order chi connectivity index (χ1) is 11.8. The summed E-state index contributed by atoms with van der Waals surface area (Å²) in [6.07, 6.45) is 5.43. The molecular formula is C17H17N5O2. The van der Waals surface area contributed by atoms with Crippen LogP contribution in [0.25, 0.3) is 0 Å². The SMILES string of the molecule is O=C(NC(Cc1ncn[nH]1)c1ccccc1)c1ncoc1C1CC1. The van der Waals surface area contributed by atoms with Crippen molar-refractivity contribution in [1.82, 2.24) is 25.5 Å². The molecule has 4 rings (SSSR count). The first-order valence-corrected chi connectivity index (χ1v) is 7.94. The third-order valence-electron chi connectivity index (χ3n) is 4.13. The summed E-state index contributed by atoms with van der Waals surface area (Å²) < 4.78 is 5.40. The number of benzene rings is 1. The molecule has 24 heavy (non-hydrogen) atoms. The molecule has 2 aromatic heterocycles. The zero-order chi connectivity index (χ0) is 16.4. The molecule has 1 amide bonds. The lowest BCUT2D eigenvalue weighted by Crippen LogP contribution is -2.31. The normalized spacial score (nSPS) is 15.2. The van der Waals surface area contributed by atoms with Gasteiger partial charge in [0, 0.05) is 12.3 Å². The third kappa shape index (κ3) is 3.05. The van der Waals surface area contributed by atoms with E-state index >= 15 is 0 Å². The number of nitrogens with zero attached hydrogens (tertiary/aromatic N) is 3. The van der Waals surface area contributed by atoms with Crippen LogP contribution in [0.5, 0.6) is 0 Å². The lowest BCUT2D eigenvalue weighted by Gasteiger charge is -2.17. The van der Waals surface area contributed by atoms with E-state index in [1.807, 2.05) is 30.3 Å². The lowest BCUT2D eigenvalue weighted by atomic mass is 10.0. The predicted molar refractivity (Wildman–Crippen MR) is 85.2 cm³/mol. The number of carbonyl (C=O) groups excluding carboxylic acids is 1. The van der Waals surface area contributed by atoms with E-state index in [9.17, 15) is 4.79 Å². The van der Waals surface area contributed by atoms with E-state index in [1.54, 1.807) is 0 Å². The number of hydrogen-bond acceptors (Lipinski definition) is 5. The van der Waals surface area contributed by atoms with E-state index in [0.717, 1.165) is 18.4 Å². The molecule has 2 heterocycles. The molecule has 0 radical (unpaired) electrons. The van der Waals surface area contributed by atoms with E-state index in [1.165, 1.54) is 12.7 Å². The van der Waals surface area contributed by atoms with Crippen LogP contribution in [0.15, 0.2) is 47.5 Å². The first-order valence-electron chi connectivity index (χ1n) is 7.94. The molecule has 0 aliphatic heterocycles. The molecule has 1 saturated carbocycles. The van der Waals surface area contributed by atoms with Gasteiger partial charge in [-0.15, -0.1) is 0 Å². The largest absolute Gasteiger partial charge is 0.447 e. The number of aromatic amines is 1. The Morgan fingerprint density at radius 3 is 2.83 bits per heavy atom. The van der Waals surface area contributed by atoms with E-state index in [2.05, 4.69) is 25.5 Å². The van der Waals surface area contributed by atoms with Gasteiger partial charge in [0.2, 0.25) is 0 Å². The number of oxazole rings is 1. The van der Waals surface area contributed by atoms with Crippen molar-refractivity contribution in [2.24, 2.45) is 0 Å². The van der Waals surface area contributed by atoms with Gasteiger partial charge in [-0.3, -0.25) is 9.89 Å². The smallest absolute Gasteiger partial charge is 0.274 e. The fourth-order valence-electron chi connectivity index (χ4n) is 2.75. The van der Waals surface area contributed by atoms with Crippen LogP contribution in [0.4, 0.5) is 0 Å². The predicted octanol–water partition coefficient (Wildman–Crippen LogP) is 2.38. The van der Waals surface area contributed by atoms with Gasteiger partial charge in [0.05, 0.1) is 6.04 Å². The molecule has 7 heteroatoms. The molecule has 122 valence electrons. The van der Waals surface area contributed by atoms with Crippen LogP contribution in [-0.4, -0.2) is 26.1 Å². The molecule has 1 aliphatic rings. The van der Waals surface area contributed by atoms with Crippen molar-refractivity contribution in [3.8, 4) is 0 Å². The molecule has 0 saturated heterocycles. The van der Waals surface area contributed by atoms with E-state index < -0.39 is 0 Å². The number of nitrogens with one attached hydrogen (secondary N) is 2. The highest BCUT2D eigenvalue weighted by Crippen LogP contribution is 2.41. The van der Waals surface area contributed by atoms with Crippen LogP contribution in [-0.2, 0) is 6.42 Å². The quantitative estimate of drug-likeness (QED) is 0.726. The topological polar surface area (TPSA) is 96.7 Å². The highest BCUT2D eigenvalue weighted by molar-refractivity contribution is 5.93. The Hall–Kier alpha value is -2.96. The van der Waals surface area contributed by atoms with Gasteiger partial charge in [-0.25, -0.2) is 9.97 Å². The molecule has 0 bridgehead atoms. The summed E-state index contributed by atoms with van der Waals surface area (Å²) in [6.45, 7) is 0. The van der Waals surface area contributed by atoms with Crippen LogP contribution in [0.2, 0.25) is 0 Å². The summed E-state index contributed by atoms with van der Waals surface area (Å²) >= 11 is 0. The zero-order valence-corrected chi connectivity index (χ0v) is 13.0. The highest BCUT2D eigenvalue weighted by atomic mass is 16.3. The molecule has 0 spiro atoms. The van der Waals surface area contributed by atoms with Gasteiger partial charge in [-0.05, 0) is 18.4 Å². The Morgan fingerprint density at radius 2 is 2.12 bits per heavy atom. The molecule has 1 aromatic carbocycles. The highest BCUT2D eigenvalue weighted by Gasteiger charge is 2.33. The minimum atomic E-state index is -0.226. The Balaban J connectivity index is 1.56. The molecule has 3 aromatic rings. The molecule has 1 aliphatic carbocycles. The van der Waals surface area contributed by atoms with E-state index in [-0.39, 0.29) is 11.9 Å². The molecule has 1 unspecified atom stereocenters. The molecule has 7 nitrogen and oxygen atoms in total. The van der Waals surface area contributed by atoms with Crippen LogP contribution in [0.1, 0.15) is 52.4 Å². The van der Waals surface area contributed by atoms with Gasteiger partial charge >= 0.3 is 0 Å². The van der Waals surface area contributed by atoms with Gasteiger partial charge in [0.1, 0.15) is 17.9 Å². The third-order valence-corrected chi connectivity index (χ3v) is 4.13. The van der Waals surface area contributed by atoms with Crippen LogP contribution in [0, 0.1) is 0 Å². The second-order valence-electron chi connectivity index (χ2n) is 5.91. The van der Waals surface area contributed by atoms with Crippen molar-refractivity contribution in [3.63, 3.8) is 0 Å².